The Bertz CT molecular complexity index is 1250. The Morgan fingerprint density at radius 2 is 1.77 bits per heavy atom. The zero-order valence-corrected chi connectivity index (χ0v) is 23.3. The van der Waals surface area contributed by atoms with Crippen molar-refractivity contribution in [1.29, 1.82) is 0 Å². The van der Waals surface area contributed by atoms with Crippen molar-refractivity contribution >= 4 is 23.5 Å². The SMILES string of the molecule is COc1ccc(CCN(C)c2cc(C(F)(F)F)nc(SCc3ccc(C(=O)NCCN(C)C)o3)n2)cc1OC. The van der Waals surface area contributed by atoms with Gasteiger partial charge in [-0.1, -0.05) is 17.8 Å². The van der Waals surface area contributed by atoms with Crippen molar-refractivity contribution < 1.29 is 31.9 Å². The minimum atomic E-state index is -4.64. The molecule has 0 saturated heterocycles. The van der Waals surface area contributed by atoms with Gasteiger partial charge >= 0.3 is 6.18 Å². The number of halogens is 3. The molecule has 0 fully saturated rings. The summed E-state index contributed by atoms with van der Waals surface area (Å²) in [5.41, 5.74) is -0.105. The van der Waals surface area contributed by atoms with Gasteiger partial charge in [0.1, 0.15) is 11.6 Å². The quantitative estimate of drug-likeness (QED) is 0.239. The number of likely N-dealkylation sites (N-methyl/N-ethyl adjacent to an activating group) is 2. The van der Waals surface area contributed by atoms with E-state index < -0.39 is 11.9 Å². The Hall–Kier alpha value is -3.45. The van der Waals surface area contributed by atoms with Crippen molar-refractivity contribution in [3.63, 3.8) is 0 Å². The maximum atomic E-state index is 13.6. The van der Waals surface area contributed by atoms with Crippen LogP contribution in [0.5, 0.6) is 11.5 Å². The van der Waals surface area contributed by atoms with E-state index in [4.69, 9.17) is 13.9 Å². The molecule has 0 aliphatic rings. The first-order chi connectivity index (χ1) is 18.5. The standard InChI is InChI=1S/C26H32F3N5O4S/c1-33(2)13-11-30-24(35)20-9-7-18(38-20)16-39-25-31-22(26(27,28)29)15-23(32-25)34(3)12-10-17-6-8-19(36-4)21(14-17)37-5/h6-9,14-15H,10-13,16H2,1-5H3,(H,30,35). The second kappa shape index (κ2) is 13.6. The van der Waals surface area contributed by atoms with E-state index in [9.17, 15) is 18.0 Å². The summed E-state index contributed by atoms with van der Waals surface area (Å²) in [6, 6.07) is 9.55. The van der Waals surface area contributed by atoms with Crippen molar-refractivity contribution in [3.05, 3.63) is 59.2 Å². The van der Waals surface area contributed by atoms with Crippen LogP contribution in [-0.4, -0.2) is 75.8 Å². The molecule has 2 heterocycles. The number of amides is 1. The number of rotatable bonds is 13. The van der Waals surface area contributed by atoms with Gasteiger partial charge in [0.15, 0.2) is 28.1 Å². The van der Waals surface area contributed by atoms with Crippen LogP contribution in [-0.2, 0) is 18.3 Å². The average Bonchev–Trinajstić information content (AvgIpc) is 3.38. The number of carbonyl (C=O) groups is 1. The van der Waals surface area contributed by atoms with Gasteiger partial charge in [0.2, 0.25) is 0 Å². The maximum absolute atomic E-state index is 13.6. The van der Waals surface area contributed by atoms with E-state index in [1.807, 2.05) is 31.1 Å². The fourth-order valence-corrected chi connectivity index (χ4v) is 4.21. The molecular formula is C26H32F3N5O4S. The molecule has 0 unspecified atom stereocenters. The second-order valence-electron chi connectivity index (χ2n) is 8.87. The highest BCUT2D eigenvalue weighted by Gasteiger charge is 2.34. The van der Waals surface area contributed by atoms with Gasteiger partial charge in [0.05, 0.1) is 20.0 Å². The molecular weight excluding hydrogens is 535 g/mol. The van der Waals surface area contributed by atoms with E-state index in [-0.39, 0.29) is 28.4 Å². The molecule has 1 aromatic carbocycles. The van der Waals surface area contributed by atoms with Crippen LogP contribution in [0.1, 0.15) is 27.6 Å². The number of hydrogen-bond donors (Lipinski definition) is 1. The first-order valence-corrected chi connectivity index (χ1v) is 13.0. The van der Waals surface area contributed by atoms with Crippen molar-refractivity contribution in [2.45, 2.75) is 23.5 Å². The molecule has 0 bridgehead atoms. The van der Waals surface area contributed by atoms with E-state index in [1.54, 1.807) is 31.2 Å². The number of methoxy groups -OCH3 is 2. The molecule has 212 valence electrons. The fourth-order valence-electron chi connectivity index (χ4n) is 3.46. The molecule has 0 atom stereocenters. The van der Waals surface area contributed by atoms with Crippen LogP contribution in [0.2, 0.25) is 0 Å². The largest absolute Gasteiger partial charge is 0.493 e. The highest BCUT2D eigenvalue weighted by atomic mass is 32.2. The van der Waals surface area contributed by atoms with E-state index in [2.05, 4.69) is 15.3 Å². The third-order valence-corrected chi connectivity index (χ3v) is 6.50. The lowest BCUT2D eigenvalue weighted by atomic mass is 10.1. The molecule has 0 radical (unpaired) electrons. The summed E-state index contributed by atoms with van der Waals surface area (Å²) in [5.74, 6) is 1.65. The summed E-state index contributed by atoms with van der Waals surface area (Å²) < 4.78 is 57.0. The predicted molar refractivity (Wildman–Crippen MR) is 143 cm³/mol. The Balaban J connectivity index is 1.68. The second-order valence-corrected chi connectivity index (χ2v) is 9.81. The monoisotopic (exact) mass is 567 g/mol. The summed E-state index contributed by atoms with van der Waals surface area (Å²) in [4.78, 5) is 23.8. The minimum Gasteiger partial charge on any atom is -0.493 e. The van der Waals surface area contributed by atoms with Crippen LogP contribution in [0.15, 0.2) is 46.0 Å². The molecule has 2 aromatic heterocycles. The molecule has 3 rings (SSSR count). The topological polar surface area (TPSA) is 93.0 Å². The lowest BCUT2D eigenvalue weighted by Gasteiger charge is -2.20. The molecule has 13 heteroatoms. The number of thioether (sulfide) groups is 1. The molecule has 0 aliphatic heterocycles. The number of nitrogens with one attached hydrogen (secondary N) is 1. The summed E-state index contributed by atoms with van der Waals surface area (Å²) in [6.45, 7) is 1.53. The number of anilines is 1. The summed E-state index contributed by atoms with van der Waals surface area (Å²) in [7, 11) is 8.55. The Morgan fingerprint density at radius 1 is 1.03 bits per heavy atom. The Morgan fingerprint density at radius 3 is 2.44 bits per heavy atom. The molecule has 9 nitrogen and oxygen atoms in total. The summed E-state index contributed by atoms with van der Waals surface area (Å²) in [6.07, 6.45) is -4.10. The lowest BCUT2D eigenvalue weighted by Crippen LogP contribution is -2.31. The minimum absolute atomic E-state index is 0.0498. The number of hydrogen-bond acceptors (Lipinski definition) is 9. The fraction of sp³-hybridized carbons (Fsp3) is 0.423. The predicted octanol–water partition coefficient (Wildman–Crippen LogP) is 4.37. The van der Waals surface area contributed by atoms with Crippen LogP contribution in [0.3, 0.4) is 0 Å². The van der Waals surface area contributed by atoms with E-state index >= 15 is 0 Å². The third-order valence-electron chi connectivity index (χ3n) is 5.63. The van der Waals surface area contributed by atoms with Gasteiger partial charge in [0, 0.05) is 32.7 Å². The van der Waals surface area contributed by atoms with E-state index in [0.29, 0.717) is 43.3 Å². The summed E-state index contributed by atoms with van der Waals surface area (Å²) in [5, 5.41) is 2.70. The number of aromatic nitrogens is 2. The third kappa shape index (κ3) is 8.79. The van der Waals surface area contributed by atoms with Gasteiger partial charge in [-0.2, -0.15) is 13.2 Å². The summed E-state index contributed by atoms with van der Waals surface area (Å²) >= 11 is 0.994. The number of nitrogens with zero attached hydrogens (tertiary/aromatic N) is 4. The number of benzene rings is 1. The van der Waals surface area contributed by atoms with Crippen LogP contribution >= 0.6 is 11.8 Å². The van der Waals surface area contributed by atoms with Gasteiger partial charge < -0.3 is 29.0 Å². The van der Waals surface area contributed by atoms with Gasteiger partial charge in [-0.25, -0.2) is 9.97 Å². The number of carbonyl (C=O) groups excluding carboxylic acids is 1. The lowest BCUT2D eigenvalue weighted by molar-refractivity contribution is -0.141. The molecule has 0 aliphatic carbocycles. The van der Waals surface area contributed by atoms with Gasteiger partial charge in [0.25, 0.3) is 5.91 Å². The van der Waals surface area contributed by atoms with Crippen molar-refractivity contribution in [1.82, 2.24) is 20.2 Å². The molecule has 0 saturated carbocycles. The van der Waals surface area contributed by atoms with Crippen LogP contribution in [0.25, 0.3) is 0 Å². The Kier molecular flexibility index (Phi) is 10.5. The average molecular weight is 568 g/mol. The zero-order valence-electron chi connectivity index (χ0n) is 22.5. The van der Waals surface area contributed by atoms with E-state index in [0.717, 1.165) is 23.4 Å². The highest BCUT2D eigenvalue weighted by molar-refractivity contribution is 7.98. The normalized spacial score (nSPS) is 11.5. The zero-order chi connectivity index (χ0) is 28.6. The number of alkyl halides is 3. The first-order valence-electron chi connectivity index (χ1n) is 12.0. The van der Waals surface area contributed by atoms with E-state index in [1.165, 1.54) is 13.2 Å². The van der Waals surface area contributed by atoms with Gasteiger partial charge in [-0.05, 0) is 50.3 Å². The molecule has 1 amide bonds. The first kappa shape index (κ1) is 30.1. The Labute approximate surface area is 229 Å². The molecule has 1 N–H and O–H groups in total. The van der Waals surface area contributed by atoms with Crippen molar-refractivity contribution in [3.8, 4) is 11.5 Å². The van der Waals surface area contributed by atoms with Crippen LogP contribution in [0, 0.1) is 0 Å². The van der Waals surface area contributed by atoms with Crippen molar-refractivity contribution in [2.75, 3.05) is 59.9 Å². The van der Waals surface area contributed by atoms with Gasteiger partial charge in [-0.3, -0.25) is 4.79 Å². The van der Waals surface area contributed by atoms with Gasteiger partial charge in [-0.15, -0.1) is 0 Å². The van der Waals surface area contributed by atoms with Crippen LogP contribution < -0.4 is 19.7 Å². The van der Waals surface area contributed by atoms with Crippen molar-refractivity contribution in [2.24, 2.45) is 0 Å². The number of furan rings is 1. The molecule has 0 spiro atoms. The smallest absolute Gasteiger partial charge is 0.433 e. The number of ether oxygens (including phenoxy) is 2. The molecule has 3 aromatic rings. The highest BCUT2D eigenvalue weighted by Crippen LogP contribution is 2.32. The molecule has 39 heavy (non-hydrogen) atoms. The van der Waals surface area contributed by atoms with Crippen LogP contribution in [0.4, 0.5) is 19.0 Å². The maximum Gasteiger partial charge on any atom is 0.433 e.